The molecule has 158 valence electrons. The second kappa shape index (κ2) is 9.30. The van der Waals surface area contributed by atoms with E-state index in [-0.39, 0.29) is 5.76 Å². The van der Waals surface area contributed by atoms with Crippen LogP contribution in [0.15, 0.2) is 40.8 Å². The zero-order valence-electron chi connectivity index (χ0n) is 16.9. The molecule has 8 heteroatoms. The first-order chi connectivity index (χ1) is 14.4. The van der Waals surface area contributed by atoms with Gasteiger partial charge in [-0.25, -0.2) is 9.18 Å². The minimum Gasteiger partial charge on any atom is -0.490 e. The number of ether oxygens (including phenoxy) is 3. The fourth-order valence-electron chi connectivity index (χ4n) is 2.91. The fraction of sp³-hybridized carbons (Fsp3) is 0.273. The lowest BCUT2D eigenvalue weighted by molar-refractivity contribution is -0.119. The summed E-state index contributed by atoms with van der Waals surface area (Å²) in [5, 5.41) is 3.11. The zero-order valence-corrected chi connectivity index (χ0v) is 16.9. The van der Waals surface area contributed by atoms with Crippen LogP contribution in [0.5, 0.6) is 11.5 Å². The highest BCUT2D eigenvalue weighted by Gasteiger charge is 2.20. The minimum absolute atomic E-state index is 0.0666. The first kappa shape index (κ1) is 21.2. The normalized spacial score (nSPS) is 10.7. The first-order valence-corrected chi connectivity index (χ1v) is 9.48. The number of benzene rings is 2. The molecule has 0 aliphatic rings. The Labute approximate surface area is 172 Å². The van der Waals surface area contributed by atoms with Crippen LogP contribution in [0.2, 0.25) is 0 Å². The monoisotopic (exact) mass is 415 g/mol. The molecule has 3 aromatic rings. The van der Waals surface area contributed by atoms with Gasteiger partial charge in [-0.05, 0) is 51.1 Å². The van der Waals surface area contributed by atoms with Crippen molar-refractivity contribution >= 4 is 28.5 Å². The maximum atomic E-state index is 13.4. The molecule has 0 unspecified atom stereocenters. The Kier molecular flexibility index (Phi) is 6.56. The molecule has 2 aromatic carbocycles. The third-order valence-electron chi connectivity index (χ3n) is 4.25. The number of carbonyl (C=O) groups is 2. The molecule has 30 heavy (non-hydrogen) atoms. The number of fused-ring (bicyclic) bond motifs is 1. The van der Waals surface area contributed by atoms with E-state index in [1.165, 1.54) is 18.2 Å². The van der Waals surface area contributed by atoms with Gasteiger partial charge in [0.2, 0.25) is 5.76 Å². The van der Waals surface area contributed by atoms with E-state index in [1.807, 2.05) is 13.8 Å². The first-order valence-electron chi connectivity index (χ1n) is 9.48. The average molecular weight is 415 g/mol. The lowest BCUT2D eigenvalue weighted by Crippen LogP contribution is -2.21. The van der Waals surface area contributed by atoms with Crippen molar-refractivity contribution < 1.29 is 32.6 Å². The molecule has 1 amide bonds. The van der Waals surface area contributed by atoms with E-state index in [0.29, 0.717) is 46.9 Å². The van der Waals surface area contributed by atoms with Gasteiger partial charge in [0, 0.05) is 22.7 Å². The molecule has 0 spiro atoms. The number of furan rings is 1. The number of nitrogens with one attached hydrogen (secondary N) is 1. The predicted molar refractivity (Wildman–Crippen MR) is 109 cm³/mol. The van der Waals surface area contributed by atoms with Gasteiger partial charge in [-0.3, -0.25) is 4.79 Å². The molecule has 0 aliphatic heterocycles. The minimum atomic E-state index is -0.805. The lowest BCUT2D eigenvalue weighted by atomic mass is 10.1. The number of carbonyl (C=O) groups excluding carboxylic acids is 2. The Hall–Kier alpha value is -3.55. The highest BCUT2D eigenvalue weighted by Crippen LogP contribution is 2.30. The number of rotatable bonds is 8. The predicted octanol–water partition coefficient (Wildman–Crippen LogP) is 4.47. The Morgan fingerprint density at radius 1 is 1.03 bits per heavy atom. The third kappa shape index (κ3) is 4.71. The maximum absolute atomic E-state index is 13.4. The van der Waals surface area contributed by atoms with E-state index in [0.717, 1.165) is 0 Å². The highest BCUT2D eigenvalue weighted by molar-refractivity contribution is 5.98. The van der Waals surface area contributed by atoms with Crippen LogP contribution in [0.4, 0.5) is 10.1 Å². The Morgan fingerprint density at radius 3 is 2.50 bits per heavy atom. The van der Waals surface area contributed by atoms with Gasteiger partial charge < -0.3 is 23.9 Å². The Balaban J connectivity index is 1.64. The van der Waals surface area contributed by atoms with Crippen molar-refractivity contribution in [2.45, 2.75) is 20.8 Å². The molecule has 1 N–H and O–H groups in total. The number of anilines is 1. The molecule has 0 aliphatic carbocycles. The summed E-state index contributed by atoms with van der Waals surface area (Å²) in [6.45, 7) is 5.73. The SMILES string of the molecule is CCOc1ccc(NC(=O)COC(=O)c2oc3ccc(F)cc3c2C)cc1OCC. The van der Waals surface area contributed by atoms with Gasteiger partial charge in [0.25, 0.3) is 5.91 Å². The summed E-state index contributed by atoms with van der Waals surface area (Å²) >= 11 is 0. The van der Waals surface area contributed by atoms with Crippen LogP contribution in [-0.2, 0) is 9.53 Å². The summed E-state index contributed by atoms with van der Waals surface area (Å²) in [5.74, 6) is -0.772. The summed E-state index contributed by atoms with van der Waals surface area (Å²) < 4.78 is 34.9. The van der Waals surface area contributed by atoms with Gasteiger partial charge in [-0.1, -0.05) is 0 Å². The van der Waals surface area contributed by atoms with Crippen LogP contribution in [0.3, 0.4) is 0 Å². The lowest BCUT2D eigenvalue weighted by Gasteiger charge is -2.13. The maximum Gasteiger partial charge on any atom is 0.375 e. The molecule has 0 atom stereocenters. The molecule has 0 radical (unpaired) electrons. The van der Waals surface area contributed by atoms with Gasteiger partial charge in [0.1, 0.15) is 11.4 Å². The molecule has 0 saturated carbocycles. The molecule has 0 saturated heterocycles. The van der Waals surface area contributed by atoms with Crippen molar-refractivity contribution in [1.29, 1.82) is 0 Å². The van der Waals surface area contributed by atoms with Crippen LogP contribution in [-0.4, -0.2) is 31.7 Å². The molecule has 3 rings (SSSR count). The summed E-state index contributed by atoms with van der Waals surface area (Å²) in [7, 11) is 0. The second-order valence-electron chi connectivity index (χ2n) is 6.35. The van der Waals surface area contributed by atoms with Gasteiger partial charge in [-0.2, -0.15) is 0 Å². The number of aryl methyl sites for hydroxylation is 1. The molecule has 0 fully saturated rings. The molecule has 0 bridgehead atoms. The van der Waals surface area contributed by atoms with Crippen molar-refractivity contribution in [2.75, 3.05) is 25.1 Å². The van der Waals surface area contributed by atoms with Crippen LogP contribution in [0.25, 0.3) is 11.0 Å². The van der Waals surface area contributed by atoms with E-state index in [2.05, 4.69) is 5.32 Å². The molecular formula is C22H22FNO6. The average Bonchev–Trinajstić information content (AvgIpc) is 3.04. The second-order valence-corrected chi connectivity index (χ2v) is 6.35. The molecule has 1 aromatic heterocycles. The topological polar surface area (TPSA) is 87.0 Å². The quantitative estimate of drug-likeness (QED) is 0.546. The zero-order chi connectivity index (χ0) is 21.7. The van der Waals surface area contributed by atoms with Crippen molar-refractivity contribution in [2.24, 2.45) is 0 Å². The Bertz CT molecular complexity index is 1070. The number of esters is 1. The van der Waals surface area contributed by atoms with E-state index in [9.17, 15) is 14.0 Å². The van der Waals surface area contributed by atoms with E-state index < -0.39 is 24.3 Å². The van der Waals surface area contributed by atoms with E-state index >= 15 is 0 Å². The molecular weight excluding hydrogens is 393 g/mol. The number of hydrogen-bond donors (Lipinski definition) is 1. The third-order valence-corrected chi connectivity index (χ3v) is 4.25. The van der Waals surface area contributed by atoms with Crippen molar-refractivity contribution in [3.63, 3.8) is 0 Å². The molecule has 7 nitrogen and oxygen atoms in total. The number of hydrogen-bond acceptors (Lipinski definition) is 6. The summed E-state index contributed by atoms with van der Waals surface area (Å²) in [6.07, 6.45) is 0. The number of halogens is 1. The molecule has 1 heterocycles. The highest BCUT2D eigenvalue weighted by atomic mass is 19.1. The van der Waals surface area contributed by atoms with Gasteiger partial charge >= 0.3 is 5.97 Å². The van der Waals surface area contributed by atoms with E-state index in [1.54, 1.807) is 25.1 Å². The van der Waals surface area contributed by atoms with Crippen LogP contribution in [0.1, 0.15) is 30.0 Å². The van der Waals surface area contributed by atoms with Crippen molar-refractivity contribution in [3.8, 4) is 11.5 Å². The number of amides is 1. The van der Waals surface area contributed by atoms with Crippen LogP contribution in [0, 0.1) is 12.7 Å². The summed E-state index contributed by atoms with van der Waals surface area (Å²) in [4.78, 5) is 24.5. The summed E-state index contributed by atoms with van der Waals surface area (Å²) in [5.41, 5.74) is 1.28. The standard InChI is InChI=1S/C22H22FNO6/c1-4-27-18-9-7-15(11-19(18)28-5-2)24-20(25)12-29-22(26)21-13(3)16-10-14(23)6-8-17(16)30-21/h6-11H,4-5,12H2,1-3H3,(H,24,25). The Morgan fingerprint density at radius 2 is 1.77 bits per heavy atom. The summed E-state index contributed by atoms with van der Waals surface area (Å²) in [6, 6.07) is 8.92. The van der Waals surface area contributed by atoms with E-state index in [4.69, 9.17) is 18.6 Å². The fourth-order valence-corrected chi connectivity index (χ4v) is 2.91. The van der Waals surface area contributed by atoms with Gasteiger partial charge in [0.15, 0.2) is 18.1 Å². The smallest absolute Gasteiger partial charge is 0.375 e. The van der Waals surface area contributed by atoms with Crippen LogP contribution >= 0.6 is 0 Å². The largest absolute Gasteiger partial charge is 0.490 e. The van der Waals surface area contributed by atoms with Crippen molar-refractivity contribution in [1.82, 2.24) is 0 Å². The van der Waals surface area contributed by atoms with Gasteiger partial charge in [-0.15, -0.1) is 0 Å². The van der Waals surface area contributed by atoms with Crippen LogP contribution < -0.4 is 14.8 Å². The van der Waals surface area contributed by atoms with Crippen molar-refractivity contribution in [3.05, 3.63) is 53.5 Å². The van der Waals surface area contributed by atoms with Gasteiger partial charge in [0.05, 0.1) is 13.2 Å².